The third-order valence-electron chi connectivity index (χ3n) is 3.36. The van der Waals surface area contributed by atoms with Crippen LogP contribution in [0.15, 0.2) is 42.3 Å². The molecule has 106 valence electrons. The lowest BCUT2D eigenvalue weighted by Crippen LogP contribution is -2.38. The summed E-state index contributed by atoms with van der Waals surface area (Å²) in [5, 5.41) is 0.606. The van der Waals surface area contributed by atoms with Crippen LogP contribution in [0.4, 0.5) is 0 Å². The summed E-state index contributed by atoms with van der Waals surface area (Å²) in [5.41, 5.74) is 1.05. The maximum absolute atomic E-state index is 12.3. The first-order chi connectivity index (χ1) is 9.44. The summed E-state index contributed by atoms with van der Waals surface area (Å²) in [4.78, 5) is 12.2. The average Bonchev–Trinajstić information content (AvgIpc) is 2.74. The van der Waals surface area contributed by atoms with Gasteiger partial charge in [0.05, 0.1) is 6.54 Å². The van der Waals surface area contributed by atoms with Crippen LogP contribution in [0.2, 0.25) is 0 Å². The molecule has 1 aromatic carbocycles. The van der Waals surface area contributed by atoms with Crippen molar-refractivity contribution in [1.82, 2.24) is 8.87 Å². The highest BCUT2D eigenvalue weighted by Gasteiger charge is 2.38. The van der Waals surface area contributed by atoms with Gasteiger partial charge in [0.2, 0.25) is 10.0 Å². The molecule has 1 aliphatic rings. The van der Waals surface area contributed by atoms with Crippen LogP contribution >= 0.6 is 0 Å². The van der Waals surface area contributed by atoms with Gasteiger partial charge in [-0.05, 0) is 6.07 Å². The SMILES string of the molecule is C=C.CN1CC(=O)c2c(c3ccccc3n2C)S1(=O)=O. The minimum atomic E-state index is -3.57. The maximum Gasteiger partial charge on any atom is 0.246 e. The number of hydrogen-bond donors (Lipinski definition) is 0. The molecule has 0 amide bonds. The Morgan fingerprint density at radius 3 is 2.40 bits per heavy atom. The van der Waals surface area contributed by atoms with Crippen molar-refractivity contribution in [1.29, 1.82) is 0 Å². The molecule has 0 spiro atoms. The summed E-state index contributed by atoms with van der Waals surface area (Å²) < 4.78 is 27.4. The fourth-order valence-electron chi connectivity index (χ4n) is 2.45. The fraction of sp³-hybridized carbons (Fsp3) is 0.214. The molecule has 5 nitrogen and oxygen atoms in total. The molecular formula is C14H16N2O3S. The van der Waals surface area contributed by atoms with E-state index < -0.39 is 10.0 Å². The van der Waals surface area contributed by atoms with E-state index in [0.29, 0.717) is 5.39 Å². The highest BCUT2D eigenvalue weighted by atomic mass is 32.2. The summed E-state index contributed by atoms with van der Waals surface area (Å²) in [6.45, 7) is 5.90. The number of aryl methyl sites for hydroxylation is 1. The molecule has 0 radical (unpaired) electrons. The third kappa shape index (κ3) is 1.80. The van der Waals surface area contributed by atoms with Crippen LogP contribution in [-0.2, 0) is 17.1 Å². The number of fused-ring (bicyclic) bond motifs is 3. The number of ketones is 1. The second kappa shape index (κ2) is 4.88. The number of Topliss-reactive ketones (excluding diaryl/α,β-unsaturated/α-hetero) is 1. The van der Waals surface area contributed by atoms with Crippen molar-refractivity contribution >= 4 is 26.7 Å². The van der Waals surface area contributed by atoms with Crippen molar-refractivity contribution < 1.29 is 13.2 Å². The van der Waals surface area contributed by atoms with Crippen molar-refractivity contribution in [2.75, 3.05) is 13.6 Å². The number of carbonyl (C=O) groups excluding carboxylic acids is 1. The van der Waals surface area contributed by atoms with Crippen molar-refractivity contribution in [2.45, 2.75) is 4.90 Å². The van der Waals surface area contributed by atoms with Crippen LogP contribution in [0.1, 0.15) is 10.5 Å². The third-order valence-corrected chi connectivity index (χ3v) is 5.24. The lowest BCUT2D eigenvalue weighted by molar-refractivity contribution is 0.0955. The molecule has 0 fully saturated rings. The minimum Gasteiger partial charge on any atom is -0.340 e. The van der Waals surface area contributed by atoms with E-state index in [2.05, 4.69) is 13.2 Å². The van der Waals surface area contributed by atoms with Crippen LogP contribution in [0, 0.1) is 0 Å². The van der Waals surface area contributed by atoms with E-state index in [1.807, 2.05) is 12.1 Å². The molecule has 2 heterocycles. The fourth-order valence-corrected chi connectivity index (χ4v) is 4.00. The van der Waals surface area contributed by atoms with E-state index in [-0.39, 0.29) is 22.9 Å². The van der Waals surface area contributed by atoms with Gasteiger partial charge in [0.25, 0.3) is 0 Å². The van der Waals surface area contributed by atoms with Gasteiger partial charge in [-0.25, -0.2) is 8.42 Å². The number of para-hydroxylation sites is 1. The van der Waals surface area contributed by atoms with Gasteiger partial charge in [0.1, 0.15) is 10.6 Å². The maximum atomic E-state index is 12.3. The molecule has 0 bridgehead atoms. The van der Waals surface area contributed by atoms with Gasteiger partial charge in [0, 0.05) is 25.0 Å². The zero-order chi connectivity index (χ0) is 15.1. The Kier molecular flexibility index (Phi) is 3.54. The topological polar surface area (TPSA) is 59.4 Å². The van der Waals surface area contributed by atoms with Crippen LogP contribution < -0.4 is 0 Å². The number of likely N-dealkylation sites (N-methyl/N-ethyl adjacent to an activating group) is 1. The number of nitrogens with zero attached hydrogens (tertiary/aromatic N) is 2. The van der Waals surface area contributed by atoms with Crippen molar-refractivity contribution in [3.05, 3.63) is 43.1 Å². The Labute approximate surface area is 118 Å². The molecule has 6 heteroatoms. The summed E-state index contributed by atoms with van der Waals surface area (Å²) in [5.74, 6) is -0.166. The van der Waals surface area contributed by atoms with E-state index in [1.165, 1.54) is 7.05 Å². The Bertz CT molecular complexity index is 790. The summed E-state index contributed by atoms with van der Waals surface area (Å²) in [7, 11) is -0.417. The van der Waals surface area contributed by atoms with Gasteiger partial charge in [-0.1, -0.05) is 18.2 Å². The number of aromatic nitrogens is 1. The van der Waals surface area contributed by atoms with Crippen molar-refractivity contribution in [3.63, 3.8) is 0 Å². The summed E-state index contributed by atoms with van der Waals surface area (Å²) in [6, 6.07) is 7.15. The molecule has 0 atom stereocenters. The van der Waals surface area contributed by atoms with E-state index in [4.69, 9.17) is 0 Å². The normalized spacial score (nSPS) is 17.4. The second-order valence-electron chi connectivity index (χ2n) is 4.44. The molecule has 2 aromatic rings. The molecule has 3 rings (SSSR count). The van der Waals surface area contributed by atoms with E-state index >= 15 is 0 Å². The van der Waals surface area contributed by atoms with Gasteiger partial charge in [0.15, 0.2) is 5.78 Å². The first kappa shape index (κ1) is 14.5. The smallest absolute Gasteiger partial charge is 0.246 e. The second-order valence-corrected chi connectivity index (χ2v) is 6.42. The van der Waals surface area contributed by atoms with Crippen LogP contribution in [0.25, 0.3) is 10.9 Å². The molecule has 0 unspecified atom stereocenters. The Morgan fingerprint density at radius 1 is 1.15 bits per heavy atom. The molecular weight excluding hydrogens is 276 g/mol. The predicted molar refractivity (Wildman–Crippen MR) is 78.3 cm³/mol. The summed E-state index contributed by atoms with van der Waals surface area (Å²) in [6.07, 6.45) is 0. The Morgan fingerprint density at radius 2 is 1.75 bits per heavy atom. The van der Waals surface area contributed by atoms with Crippen LogP contribution in [0.3, 0.4) is 0 Å². The van der Waals surface area contributed by atoms with Gasteiger partial charge in [-0.15, -0.1) is 13.2 Å². The molecule has 0 saturated heterocycles. The monoisotopic (exact) mass is 292 g/mol. The largest absolute Gasteiger partial charge is 0.340 e. The van der Waals surface area contributed by atoms with Crippen molar-refractivity contribution in [2.24, 2.45) is 7.05 Å². The quantitative estimate of drug-likeness (QED) is 0.696. The lowest BCUT2D eigenvalue weighted by Gasteiger charge is -2.22. The molecule has 0 saturated carbocycles. The van der Waals surface area contributed by atoms with Gasteiger partial charge in [-0.2, -0.15) is 4.31 Å². The molecule has 1 aromatic heterocycles. The Hall–Kier alpha value is -1.92. The first-order valence-corrected chi connectivity index (χ1v) is 7.45. The number of carbonyl (C=O) groups is 1. The van der Waals surface area contributed by atoms with Gasteiger partial charge in [-0.3, -0.25) is 4.79 Å². The molecule has 0 aliphatic carbocycles. The molecule has 20 heavy (non-hydrogen) atoms. The number of sulfonamides is 1. The highest BCUT2D eigenvalue weighted by Crippen LogP contribution is 2.34. The van der Waals surface area contributed by atoms with E-state index in [0.717, 1.165) is 9.82 Å². The van der Waals surface area contributed by atoms with E-state index in [1.54, 1.807) is 23.7 Å². The Balaban J connectivity index is 0.000000704. The van der Waals surface area contributed by atoms with E-state index in [9.17, 15) is 13.2 Å². The van der Waals surface area contributed by atoms with Gasteiger partial charge < -0.3 is 4.57 Å². The average molecular weight is 292 g/mol. The number of rotatable bonds is 0. The standard InChI is InChI=1S/C12H12N2O3S.C2H4/c1-13-7-10(15)11-12(18(13,16)17)8-5-3-4-6-9(8)14(11)2;1-2/h3-6H,7H2,1-2H3;1-2H2. The first-order valence-electron chi connectivity index (χ1n) is 6.01. The zero-order valence-electron chi connectivity index (χ0n) is 11.5. The van der Waals surface area contributed by atoms with Crippen molar-refractivity contribution in [3.8, 4) is 0 Å². The number of hydrogen-bond acceptors (Lipinski definition) is 3. The predicted octanol–water partition coefficient (Wildman–Crippen LogP) is 1.80. The summed E-state index contributed by atoms with van der Waals surface area (Å²) >= 11 is 0. The lowest BCUT2D eigenvalue weighted by atomic mass is 10.2. The molecule has 0 N–H and O–H groups in total. The van der Waals surface area contributed by atoms with Crippen LogP contribution in [0.5, 0.6) is 0 Å². The van der Waals surface area contributed by atoms with Crippen LogP contribution in [-0.4, -0.2) is 36.7 Å². The molecule has 1 aliphatic heterocycles. The highest BCUT2D eigenvalue weighted by molar-refractivity contribution is 7.89. The number of benzene rings is 1. The zero-order valence-corrected chi connectivity index (χ0v) is 12.3. The van der Waals surface area contributed by atoms with Gasteiger partial charge >= 0.3 is 0 Å². The minimum absolute atomic E-state index is 0.0977.